The van der Waals surface area contributed by atoms with Gasteiger partial charge >= 0.3 is 0 Å². The highest BCUT2D eigenvalue weighted by molar-refractivity contribution is 5.29. The van der Waals surface area contributed by atoms with Gasteiger partial charge in [-0.05, 0) is 32.1 Å². The Morgan fingerprint density at radius 2 is 2.36 bits per heavy atom. The normalized spacial score (nSPS) is 15.9. The van der Waals surface area contributed by atoms with Crippen LogP contribution in [0.15, 0.2) is 6.20 Å². The van der Waals surface area contributed by atoms with Gasteiger partial charge in [0.05, 0.1) is 5.69 Å². The van der Waals surface area contributed by atoms with E-state index in [4.69, 9.17) is 0 Å². The summed E-state index contributed by atoms with van der Waals surface area (Å²) in [4.78, 5) is 4.48. The molecule has 0 radical (unpaired) electrons. The standard InChI is InChI=1S/C11H19N3/c1-3-6-14-8-9(2)13-11(14)12-7-10-4-5-10/h8,10H,3-7H2,1-2H3,(H,12,13). The molecule has 3 heteroatoms. The summed E-state index contributed by atoms with van der Waals surface area (Å²) >= 11 is 0. The maximum absolute atomic E-state index is 4.48. The first-order chi connectivity index (χ1) is 6.79. The number of anilines is 1. The van der Waals surface area contributed by atoms with Crippen molar-refractivity contribution < 1.29 is 0 Å². The molecule has 0 atom stereocenters. The van der Waals surface area contributed by atoms with Crippen LogP contribution in [0.2, 0.25) is 0 Å². The first kappa shape index (κ1) is 9.56. The molecule has 0 spiro atoms. The Morgan fingerprint density at radius 1 is 1.57 bits per heavy atom. The molecule has 1 aromatic rings. The number of hydrogen-bond acceptors (Lipinski definition) is 2. The van der Waals surface area contributed by atoms with Gasteiger partial charge in [-0.1, -0.05) is 6.92 Å². The first-order valence-electron chi connectivity index (χ1n) is 5.57. The van der Waals surface area contributed by atoms with Gasteiger partial charge in [-0.25, -0.2) is 4.98 Å². The second-order valence-corrected chi connectivity index (χ2v) is 4.22. The summed E-state index contributed by atoms with van der Waals surface area (Å²) in [5.41, 5.74) is 1.11. The fourth-order valence-electron chi connectivity index (χ4n) is 1.66. The molecule has 1 fully saturated rings. The van der Waals surface area contributed by atoms with Crippen LogP contribution in [0.4, 0.5) is 5.95 Å². The van der Waals surface area contributed by atoms with Crippen molar-refractivity contribution in [2.24, 2.45) is 5.92 Å². The summed E-state index contributed by atoms with van der Waals surface area (Å²) in [5, 5.41) is 3.43. The SMILES string of the molecule is CCCn1cc(C)nc1NCC1CC1. The summed E-state index contributed by atoms with van der Waals surface area (Å²) in [5.74, 6) is 1.96. The third kappa shape index (κ3) is 2.28. The minimum atomic E-state index is 0.905. The lowest BCUT2D eigenvalue weighted by Crippen LogP contribution is -2.09. The van der Waals surface area contributed by atoms with Crippen molar-refractivity contribution in [3.05, 3.63) is 11.9 Å². The molecule has 3 nitrogen and oxygen atoms in total. The van der Waals surface area contributed by atoms with E-state index in [0.29, 0.717) is 0 Å². The van der Waals surface area contributed by atoms with E-state index >= 15 is 0 Å². The third-order valence-electron chi connectivity index (χ3n) is 2.61. The lowest BCUT2D eigenvalue weighted by molar-refractivity contribution is 0.679. The van der Waals surface area contributed by atoms with Crippen LogP contribution in [-0.2, 0) is 6.54 Å². The van der Waals surface area contributed by atoms with E-state index in [1.165, 1.54) is 12.8 Å². The maximum Gasteiger partial charge on any atom is 0.203 e. The molecule has 1 N–H and O–H groups in total. The number of nitrogens with one attached hydrogen (secondary N) is 1. The fraction of sp³-hybridized carbons (Fsp3) is 0.727. The Morgan fingerprint density at radius 3 is 3.00 bits per heavy atom. The highest BCUT2D eigenvalue weighted by Crippen LogP contribution is 2.28. The van der Waals surface area contributed by atoms with Crippen LogP contribution in [-0.4, -0.2) is 16.1 Å². The Kier molecular flexibility index (Phi) is 2.75. The Labute approximate surface area is 85.5 Å². The predicted molar refractivity (Wildman–Crippen MR) is 58.5 cm³/mol. The predicted octanol–water partition coefficient (Wildman–Crippen LogP) is 2.42. The molecule has 1 aromatic heterocycles. The summed E-state index contributed by atoms with van der Waals surface area (Å²) in [6, 6.07) is 0. The number of nitrogens with zero attached hydrogens (tertiary/aromatic N) is 2. The van der Waals surface area contributed by atoms with Crippen molar-refractivity contribution in [3.8, 4) is 0 Å². The Bertz CT molecular complexity index is 299. The van der Waals surface area contributed by atoms with Crippen LogP contribution in [0.25, 0.3) is 0 Å². The van der Waals surface area contributed by atoms with Gasteiger partial charge in [0.25, 0.3) is 0 Å². The van der Waals surface area contributed by atoms with E-state index in [9.17, 15) is 0 Å². The number of imidazole rings is 1. The molecular weight excluding hydrogens is 174 g/mol. The maximum atomic E-state index is 4.48. The van der Waals surface area contributed by atoms with Gasteiger partial charge in [0.1, 0.15) is 0 Å². The summed E-state index contributed by atoms with van der Waals surface area (Å²) < 4.78 is 2.22. The summed E-state index contributed by atoms with van der Waals surface area (Å²) in [6.45, 7) is 6.41. The van der Waals surface area contributed by atoms with E-state index in [-0.39, 0.29) is 0 Å². The van der Waals surface area contributed by atoms with Gasteiger partial charge in [-0.3, -0.25) is 0 Å². The van der Waals surface area contributed by atoms with Crippen molar-refractivity contribution >= 4 is 5.95 Å². The Balaban J connectivity index is 1.97. The molecule has 1 aliphatic rings. The molecular formula is C11H19N3. The fourth-order valence-corrected chi connectivity index (χ4v) is 1.66. The molecule has 0 bridgehead atoms. The van der Waals surface area contributed by atoms with Gasteiger partial charge in [0.2, 0.25) is 5.95 Å². The second-order valence-electron chi connectivity index (χ2n) is 4.22. The average Bonchev–Trinajstić information content (AvgIpc) is 2.90. The van der Waals surface area contributed by atoms with Crippen LogP contribution in [0.5, 0.6) is 0 Å². The summed E-state index contributed by atoms with van der Waals surface area (Å²) in [6.07, 6.45) is 6.06. The molecule has 0 amide bonds. The molecule has 0 saturated heterocycles. The molecule has 0 aromatic carbocycles. The van der Waals surface area contributed by atoms with Gasteiger partial charge in [-0.2, -0.15) is 0 Å². The van der Waals surface area contributed by atoms with Gasteiger partial charge in [-0.15, -0.1) is 0 Å². The van der Waals surface area contributed by atoms with E-state index in [1.807, 2.05) is 0 Å². The zero-order chi connectivity index (χ0) is 9.97. The summed E-state index contributed by atoms with van der Waals surface area (Å²) in [7, 11) is 0. The lowest BCUT2D eigenvalue weighted by Gasteiger charge is -2.07. The highest BCUT2D eigenvalue weighted by Gasteiger charge is 2.21. The van der Waals surface area contributed by atoms with Crippen LogP contribution in [0.3, 0.4) is 0 Å². The Hall–Kier alpha value is -0.990. The molecule has 1 saturated carbocycles. The van der Waals surface area contributed by atoms with Crippen molar-refractivity contribution in [1.82, 2.24) is 9.55 Å². The number of rotatable bonds is 5. The first-order valence-corrected chi connectivity index (χ1v) is 5.57. The van der Waals surface area contributed by atoms with Crippen LogP contribution >= 0.6 is 0 Å². The van der Waals surface area contributed by atoms with E-state index < -0.39 is 0 Å². The van der Waals surface area contributed by atoms with Crippen LogP contribution < -0.4 is 5.32 Å². The minimum absolute atomic E-state index is 0.905. The monoisotopic (exact) mass is 193 g/mol. The number of aryl methyl sites for hydroxylation is 2. The molecule has 1 aliphatic carbocycles. The molecule has 14 heavy (non-hydrogen) atoms. The average molecular weight is 193 g/mol. The minimum Gasteiger partial charge on any atom is -0.355 e. The zero-order valence-corrected chi connectivity index (χ0v) is 9.08. The van der Waals surface area contributed by atoms with E-state index in [2.05, 4.69) is 34.9 Å². The second kappa shape index (κ2) is 4.03. The topological polar surface area (TPSA) is 29.9 Å². The van der Waals surface area contributed by atoms with Gasteiger partial charge in [0.15, 0.2) is 0 Å². The van der Waals surface area contributed by atoms with Crippen molar-refractivity contribution in [2.45, 2.75) is 39.7 Å². The van der Waals surface area contributed by atoms with Crippen LogP contribution in [0, 0.1) is 12.8 Å². The third-order valence-corrected chi connectivity index (χ3v) is 2.61. The molecule has 0 unspecified atom stereocenters. The van der Waals surface area contributed by atoms with Crippen molar-refractivity contribution in [3.63, 3.8) is 0 Å². The van der Waals surface area contributed by atoms with Gasteiger partial charge < -0.3 is 9.88 Å². The molecule has 78 valence electrons. The number of aromatic nitrogens is 2. The lowest BCUT2D eigenvalue weighted by atomic mass is 10.4. The number of hydrogen-bond donors (Lipinski definition) is 1. The van der Waals surface area contributed by atoms with Gasteiger partial charge in [0, 0.05) is 19.3 Å². The van der Waals surface area contributed by atoms with Crippen molar-refractivity contribution in [1.29, 1.82) is 0 Å². The quantitative estimate of drug-likeness (QED) is 0.778. The van der Waals surface area contributed by atoms with Crippen LogP contribution in [0.1, 0.15) is 31.9 Å². The van der Waals surface area contributed by atoms with E-state index in [1.54, 1.807) is 0 Å². The largest absolute Gasteiger partial charge is 0.355 e. The van der Waals surface area contributed by atoms with Crippen molar-refractivity contribution in [2.75, 3.05) is 11.9 Å². The molecule has 2 rings (SSSR count). The smallest absolute Gasteiger partial charge is 0.203 e. The molecule has 0 aliphatic heterocycles. The highest BCUT2D eigenvalue weighted by atomic mass is 15.2. The zero-order valence-electron chi connectivity index (χ0n) is 9.08. The van der Waals surface area contributed by atoms with E-state index in [0.717, 1.165) is 37.1 Å². The molecule has 1 heterocycles.